The number of hydrogen-bond donors (Lipinski definition) is 1. The van der Waals surface area contributed by atoms with Crippen LogP contribution in [0.1, 0.15) is 31.0 Å². The molecule has 1 aromatic rings. The predicted molar refractivity (Wildman–Crippen MR) is 69.1 cm³/mol. The molecule has 1 aromatic heterocycles. The average Bonchev–Trinajstić information content (AvgIpc) is 2.80. The fourth-order valence-electron chi connectivity index (χ4n) is 2.05. The van der Waals surface area contributed by atoms with Gasteiger partial charge in [0.1, 0.15) is 5.01 Å². The summed E-state index contributed by atoms with van der Waals surface area (Å²) in [6.07, 6.45) is 0.251. The summed E-state index contributed by atoms with van der Waals surface area (Å²) >= 11 is 1.56. The quantitative estimate of drug-likeness (QED) is 0.829. The second-order valence-electron chi connectivity index (χ2n) is 4.72. The van der Waals surface area contributed by atoms with Crippen LogP contribution in [-0.4, -0.2) is 33.8 Å². The number of amides is 2. The molecule has 5 nitrogen and oxygen atoms in total. The van der Waals surface area contributed by atoms with E-state index in [9.17, 15) is 9.59 Å². The third-order valence-corrected chi connectivity index (χ3v) is 3.83. The lowest BCUT2D eigenvalue weighted by molar-refractivity contribution is -0.140. The van der Waals surface area contributed by atoms with Crippen molar-refractivity contribution in [1.29, 1.82) is 0 Å². The van der Waals surface area contributed by atoms with E-state index in [0.29, 0.717) is 6.54 Å². The standard InChI is InChI=1S/C12H17N3O2S/c1-7(2)15-11(16)4-9(12(15)17)13-5-10-14-8(3)6-18-10/h6-7,9,13H,4-5H2,1-3H3. The van der Waals surface area contributed by atoms with Gasteiger partial charge in [0.25, 0.3) is 0 Å². The molecule has 0 saturated carbocycles. The largest absolute Gasteiger partial charge is 0.299 e. The van der Waals surface area contributed by atoms with Crippen molar-refractivity contribution in [3.05, 3.63) is 16.1 Å². The summed E-state index contributed by atoms with van der Waals surface area (Å²) in [7, 11) is 0. The van der Waals surface area contributed by atoms with Gasteiger partial charge in [-0.05, 0) is 20.8 Å². The molecule has 0 aliphatic carbocycles. The van der Waals surface area contributed by atoms with Crippen molar-refractivity contribution < 1.29 is 9.59 Å². The van der Waals surface area contributed by atoms with Crippen molar-refractivity contribution >= 4 is 23.2 Å². The van der Waals surface area contributed by atoms with E-state index in [-0.39, 0.29) is 24.3 Å². The highest BCUT2D eigenvalue weighted by atomic mass is 32.1. The van der Waals surface area contributed by atoms with Crippen molar-refractivity contribution in [2.75, 3.05) is 0 Å². The molecule has 18 heavy (non-hydrogen) atoms. The first-order valence-corrected chi connectivity index (χ1v) is 6.87. The fourth-order valence-corrected chi connectivity index (χ4v) is 2.77. The van der Waals surface area contributed by atoms with Crippen molar-refractivity contribution in [2.24, 2.45) is 0 Å². The number of carbonyl (C=O) groups excluding carboxylic acids is 2. The molecule has 98 valence electrons. The van der Waals surface area contributed by atoms with Gasteiger partial charge >= 0.3 is 0 Å². The molecule has 2 amide bonds. The molecule has 0 aromatic carbocycles. The number of nitrogens with one attached hydrogen (secondary N) is 1. The summed E-state index contributed by atoms with van der Waals surface area (Å²) in [5, 5.41) is 6.02. The molecule has 2 rings (SSSR count). The summed E-state index contributed by atoms with van der Waals surface area (Å²) in [5.41, 5.74) is 0.981. The van der Waals surface area contributed by atoms with E-state index < -0.39 is 6.04 Å². The van der Waals surface area contributed by atoms with Crippen molar-refractivity contribution in [1.82, 2.24) is 15.2 Å². The van der Waals surface area contributed by atoms with Crippen LogP contribution >= 0.6 is 11.3 Å². The Morgan fingerprint density at radius 1 is 1.56 bits per heavy atom. The number of imide groups is 1. The molecule has 1 atom stereocenters. The van der Waals surface area contributed by atoms with Gasteiger partial charge in [0, 0.05) is 23.7 Å². The van der Waals surface area contributed by atoms with Crippen LogP contribution in [0.4, 0.5) is 0 Å². The molecule has 1 unspecified atom stereocenters. The van der Waals surface area contributed by atoms with Gasteiger partial charge in [-0.1, -0.05) is 0 Å². The molecule has 0 spiro atoms. The topological polar surface area (TPSA) is 62.3 Å². The van der Waals surface area contributed by atoms with Crippen molar-refractivity contribution in [2.45, 2.75) is 45.8 Å². The zero-order valence-electron chi connectivity index (χ0n) is 10.8. The van der Waals surface area contributed by atoms with E-state index in [0.717, 1.165) is 10.7 Å². The van der Waals surface area contributed by atoms with E-state index >= 15 is 0 Å². The maximum Gasteiger partial charge on any atom is 0.247 e. The number of likely N-dealkylation sites (tertiary alicyclic amines) is 1. The number of carbonyl (C=O) groups is 2. The Hall–Kier alpha value is -1.27. The first-order valence-electron chi connectivity index (χ1n) is 5.99. The maximum absolute atomic E-state index is 12.0. The second kappa shape index (κ2) is 5.16. The molecule has 0 radical (unpaired) electrons. The fraction of sp³-hybridized carbons (Fsp3) is 0.583. The first-order chi connectivity index (χ1) is 8.49. The minimum Gasteiger partial charge on any atom is -0.299 e. The Balaban J connectivity index is 1.95. The summed E-state index contributed by atoms with van der Waals surface area (Å²) < 4.78 is 0. The van der Waals surface area contributed by atoms with Gasteiger partial charge in [-0.15, -0.1) is 11.3 Å². The number of hydrogen-bond acceptors (Lipinski definition) is 5. The normalized spacial score (nSPS) is 20.2. The molecule has 1 aliphatic heterocycles. The highest BCUT2D eigenvalue weighted by molar-refractivity contribution is 7.09. The molecule has 2 heterocycles. The monoisotopic (exact) mass is 267 g/mol. The highest BCUT2D eigenvalue weighted by Crippen LogP contribution is 2.17. The van der Waals surface area contributed by atoms with Gasteiger partial charge in [0.15, 0.2) is 0 Å². The Morgan fingerprint density at radius 3 is 2.78 bits per heavy atom. The molecule has 6 heteroatoms. The summed E-state index contributed by atoms with van der Waals surface area (Å²) in [5.74, 6) is -0.217. The van der Waals surface area contributed by atoms with Crippen LogP contribution in [0.5, 0.6) is 0 Å². The molecular formula is C12H17N3O2S. The number of rotatable bonds is 4. The Kier molecular flexibility index (Phi) is 3.77. The lowest BCUT2D eigenvalue weighted by atomic mass is 10.2. The zero-order valence-corrected chi connectivity index (χ0v) is 11.6. The number of aryl methyl sites for hydroxylation is 1. The molecule has 1 aliphatic rings. The lowest BCUT2D eigenvalue weighted by Crippen LogP contribution is -2.41. The van der Waals surface area contributed by atoms with Gasteiger partial charge in [-0.2, -0.15) is 0 Å². The van der Waals surface area contributed by atoms with Gasteiger partial charge in [0.05, 0.1) is 12.5 Å². The summed E-state index contributed by atoms with van der Waals surface area (Å²) in [4.78, 5) is 29.4. The van der Waals surface area contributed by atoms with Crippen LogP contribution < -0.4 is 5.32 Å². The van der Waals surface area contributed by atoms with Crippen LogP contribution in [-0.2, 0) is 16.1 Å². The van der Waals surface area contributed by atoms with Crippen LogP contribution in [0.25, 0.3) is 0 Å². The van der Waals surface area contributed by atoms with E-state index in [1.165, 1.54) is 4.90 Å². The Bertz CT molecular complexity index is 470. The zero-order chi connectivity index (χ0) is 13.3. The SMILES string of the molecule is Cc1csc(CNC2CC(=O)N(C(C)C)C2=O)n1. The minimum atomic E-state index is -0.399. The van der Waals surface area contributed by atoms with Crippen LogP contribution in [0.15, 0.2) is 5.38 Å². The minimum absolute atomic E-state index is 0.0705. The lowest BCUT2D eigenvalue weighted by Gasteiger charge is -2.19. The van der Waals surface area contributed by atoms with Crippen molar-refractivity contribution in [3.8, 4) is 0 Å². The van der Waals surface area contributed by atoms with Gasteiger partial charge in [-0.25, -0.2) is 4.98 Å². The van der Waals surface area contributed by atoms with E-state index in [2.05, 4.69) is 10.3 Å². The number of aromatic nitrogens is 1. The van der Waals surface area contributed by atoms with E-state index in [4.69, 9.17) is 0 Å². The third-order valence-electron chi connectivity index (χ3n) is 2.87. The molecular weight excluding hydrogens is 250 g/mol. The van der Waals surface area contributed by atoms with E-state index in [1.807, 2.05) is 26.2 Å². The predicted octanol–water partition coefficient (Wildman–Crippen LogP) is 1.08. The number of thiazole rings is 1. The summed E-state index contributed by atoms with van der Waals surface area (Å²) in [6.45, 7) is 6.17. The first kappa shape index (κ1) is 13.2. The maximum atomic E-state index is 12.0. The average molecular weight is 267 g/mol. The smallest absolute Gasteiger partial charge is 0.247 e. The van der Waals surface area contributed by atoms with Gasteiger partial charge < -0.3 is 0 Å². The van der Waals surface area contributed by atoms with Crippen molar-refractivity contribution in [3.63, 3.8) is 0 Å². The Morgan fingerprint density at radius 2 is 2.28 bits per heavy atom. The summed E-state index contributed by atoms with van der Waals surface area (Å²) in [6, 6.07) is -0.469. The van der Waals surface area contributed by atoms with E-state index in [1.54, 1.807) is 11.3 Å². The third kappa shape index (κ3) is 2.59. The van der Waals surface area contributed by atoms with Crippen LogP contribution in [0, 0.1) is 6.92 Å². The molecule has 1 saturated heterocycles. The number of nitrogens with zero attached hydrogens (tertiary/aromatic N) is 2. The van der Waals surface area contributed by atoms with Crippen LogP contribution in [0.3, 0.4) is 0 Å². The van der Waals surface area contributed by atoms with Gasteiger partial charge in [0.2, 0.25) is 11.8 Å². The van der Waals surface area contributed by atoms with Gasteiger partial charge in [-0.3, -0.25) is 19.8 Å². The highest BCUT2D eigenvalue weighted by Gasteiger charge is 2.39. The second-order valence-corrected chi connectivity index (χ2v) is 5.66. The molecule has 1 N–H and O–H groups in total. The molecule has 0 bridgehead atoms. The molecule has 1 fully saturated rings. The Labute approximate surface area is 110 Å². The van der Waals surface area contributed by atoms with Crippen LogP contribution in [0.2, 0.25) is 0 Å².